The summed E-state index contributed by atoms with van der Waals surface area (Å²) >= 11 is 1.63. The van der Waals surface area contributed by atoms with Crippen molar-refractivity contribution in [1.29, 1.82) is 0 Å². The lowest BCUT2D eigenvalue weighted by Gasteiger charge is -2.05. The van der Waals surface area contributed by atoms with Gasteiger partial charge in [-0.1, -0.05) is 0 Å². The minimum Gasteiger partial charge on any atom is -0.356 e. The Hall–Kier alpha value is -0.360. The van der Waals surface area contributed by atoms with Gasteiger partial charge in [0.25, 0.3) is 0 Å². The number of nitrogens with one attached hydrogen (secondary N) is 1. The molecule has 1 atom stereocenters. The smallest absolute Gasteiger partial charge is 0.221 e. The van der Waals surface area contributed by atoms with Gasteiger partial charge in [0.05, 0.1) is 10.7 Å². The highest BCUT2D eigenvalue weighted by Crippen LogP contribution is 2.07. The van der Waals surface area contributed by atoms with E-state index in [0.29, 0.717) is 13.0 Å². The Morgan fingerprint density at radius 2 is 2.24 bits per heavy atom. The van der Waals surface area contributed by atoms with Gasteiger partial charge in [-0.25, -0.2) is 4.98 Å². The molecule has 0 aliphatic carbocycles. The summed E-state index contributed by atoms with van der Waals surface area (Å²) in [5.74, 6) is 0.0111. The van der Waals surface area contributed by atoms with Crippen molar-refractivity contribution in [2.24, 2.45) is 5.73 Å². The summed E-state index contributed by atoms with van der Waals surface area (Å²) in [5, 5.41) is 5.90. The SMILES string of the molecule is Cc1nc(CCNC(=O)CC(C)N)cs1.Cl.Cl. The lowest BCUT2D eigenvalue weighted by molar-refractivity contribution is -0.121. The normalized spacial score (nSPS) is 11.0. The summed E-state index contributed by atoms with van der Waals surface area (Å²) in [6.45, 7) is 4.43. The van der Waals surface area contributed by atoms with E-state index in [0.717, 1.165) is 17.1 Å². The van der Waals surface area contributed by atoms with Crippen LogP contribution in [-0.4, -0.2) is 23.5 Å². The monoisotopic (exact) mass is 299 g/mol. The third kappa shape index (κ3) is 8.37. The number of carbonyl (C=O) groups is 1. The molecule has 0 saturated heterocycles. The first-order chi connectivity index (χ1) is 7.08. The van der Waals surface area contributed by atoms with Crippen molar-refractivity contribution in [3.63, 3.8) is 0 Å². The summed E-state index contributed by atoms with van der Waals surface area (Å²) in [4.78, 5) is 15.6. The minimum atomic E-state index is -0.0773. The van der Waals surface area contributed by atoms with Crippen molar-refractivity contribution in [3.05, 3.63) is 16.1 Å². The maximum Gasteiger partial charge on any atom is 0.221 e. The molecule has 3 N–H and O–H groups in total. The fraction of sp³-hybridized carbons (Fsp3) is 0.600. The molecule has 100 valence electrons. The molecule has 0 fully saturated rings. The van der Waals surface area contributed by atoms with Gasteiger partial charge in [0.15, 0.2) is 0 Å². The Morgan fingerprint density at radius 1 is 1.59 bits per heavy atom. The first-order valence-corrected chi connectivity index (χ1v) is 5.89. The molecule has 1 rings (SSSR count). The predicted octanol–water partition coefficient (Wildman–Crippen LogP) is 1.69. The standard InChI is InChI=1S/C10H17N3OS.2ClH/c1-7(11)5-10(14)12-4-3-9-6-15-8(2)13-9;;/h6-7H,3-5,11H2,1-2H3,(H,12,14);2*1H. The zero-order valence-corrected chi connectivity index (χ0v) is 12.4. The van der Waals surface area contributed by atoms with E-state index in [1.807, 2.05) is 19.2 Å². The minimum absolute atomic E-state index is 0. The van der Waals surface area contributed by atoms with Gasteiger partial charge >= 0.3 is 0 Å². The molecular formula is C10H19Cl2N3OS. The highest BCUT2D eigenvalue weighted by atomic mass is 35.5. The Morgan fingerprint density at radius 3 is 2.71 bits per heavy atom. The molecule has 4 nitrogen and oxygen atoms in total. The second-order valence-corrected chi connectivity index (χ2v) is 4.70. The number of aryl methyl sites for hydroxylation is 1. The molecule has 17 heavy (non-hydrogen) atoms. The zero-order valence-electron chi connectivity index (χ0n) is 9.93. The molecule has 1 aromatic heterocycles. The van der Waals surface area contributed by atoms with Crippen molar-refractivity contribution in [2.75, 3.05) is 6.54 Å². The molecule has 0 bridgehead atoms. The molecule has 1 heterocycles. The Bertz CT molecular complexity index is 331. The van der Waals surface area contributed by atoms with Crippen molar-refractivity contribution in [1.82, 2.24) is 10.3 Å². The molecule has 1 unspecified atom stereocenters. The number of nitrogens with two attached hydrogens (primary N) is 1. The van der Waals surface area contributed by atoms with Crippen LogP contribution in [-0.2, 0) is 11.2 Å². The molecule has 1 amide bonds. The molecule has 0 spiro atoms. The maximum absolute atomic E-state index is 11.2. The molecule has 0 aromatic carbocycles. The number of rotatable bonds is 5. The molecular weight excluding hydrogens is 281 g/mol. The van der Waals surface area contributed by atoms with Crippen LogP contribution in [0.25, 0.3) is 0 Å². The third-order valence-electron chi connectivity index (χ3n) is 1.88. The van der Waals surface area contributed by atoms with E-state index >= 15 is 0 Å². The van der Waals surface area contributed by atoms with Crippen molar-refractivity contribution >= 4 is 42.1 Å². The fourth-order valence-electron chi connectivity index (χ4n) is 1.22. The largest absolute Gasteiger partial charge is 0.356 e. The lowest BCUT2D eigenvalue weighted by Crippen LogP contribution is -2.31. The van der Waals surface area contributed by atoms with Crippen LogP contribution in [0.2, 0.25) is 0 Å². The average molecular weight is 300 g/mol. The van der Waals surface area contributed by atoms with Crippen molar-refractivity contribution in [3.8, 4) is 0 Å². The number of carbonyl (C=O) groups excluding carboxylic acids is 1. The summed E-state index contributed by atoms with van der Waals surface area (Å²) in [6.07, 6.45) is 1.17. The molecule has 0 aliphatic rings. The molecule has 0 radical (unpaired) electrons. The zero-order chi connectivity index (χ0) is 11.3. The van der Waals surface area contributed by atoms with Crippen LogP contribution in [0, 0.1) is 6.92 Å². The number of thiazole rings is 1. The van der Waals surface area contributed by atoms with Gasteiger partial charge in [0.1, 0.15) is 0 Å². The quantitative estimate of drug-likeness (QED) is 0.869. The van der Waals surface area contributed by atoms with Crippen LogP contribution >= 0.6 is 36.2 Å². The van der Waals surface area contributed by atoms with E-state index in [1.165, 1.54) is 0 Å². The Balaban J connectivity index is 0. The average Bonchev–Trinajstić information content (AvgIpc) is 2.50. The molecule has 7 heteroatoms. The Kier molecular flexibility index (Phi) is 10.8. The van der Waals surface area contributed by atoms with Crippen molar-refractivity contribution in [2.45, 2.75) is 32.7 Å². The van der Waals surface area contributed by atoms with Gasteiger partial charge in [-0.3, -0.25) is 4.79 Å². The van der Waals surface area contributed by atoms with E-state index in [9.17, 15) is 4.79 Å². The van der Waals surface area contributed by atoms with Crippen LogP contribution in [0.4, 0.5) is 0 Å². The van der Waals surface area contributed by atoms with E-state index in [4.69, 9.17) is 5.73 Å². The number of hydrogen-bond acceptors (Lipinski definition) is 4. The van der Waals surface area contributed by atoms with Crippen LogP contribution in [0.1, 0.15) is 24.0 Å². The lowest BCUT2D eigenvalue weighted by atomic mass is 10.2. The summed E-state index contributed by atoms with van der Waals surface area (Å²) < 4.78 is 0. The number of halogens is 2. The van der Waals surface area contributed by atoms with Gasteiger partial charge in [-0.05, 0) is 13.8 Å². The maximum atomic E-state index is 11.2. The molecule has 1 aromatic rings. The van der Waals surface area contributed by atoms with Gasteiger partial charge in [-0.2, -0.15) is 0 Å². The Labute approximate surface area is 118 Å². The topological polar surface area (TPSA) is 68.0 Å². The number of amides is 1. The molecule has 0 aliphatic heterocycles. The third-order valence-corrected chi connectivity index (χ3v) is 2.70. The summed E-state index contributed by atoms with van der Waals surface area (Å²) in [7, 11) is 0. The van der Waals surface area contributed by atoms with E-state index < -0.39 is 0 Å². The first-order valence-electron chi connectivity index (χ1n) is 5.01. The second-order valence-electron chi connectivity index (χ2n) is 3.64. The number of hydrogen-bond donors (Lipinski definition) is 2. The highest BCUT2D eigenvalue weighted by molar-refractivity contribution is 7.09. The van der Waals surface area contributed by atoms with E-state index in [-0.39, 0.29) is 36.8 Å². The van der Waals surface area contributed by atoms with Gasteiger partial charge in [0.2, 0.25) is 5.91 Å². The van der Waals surface area contributed by atoms with Gasteiger partial charge in [0, 0.05) is 30.8 Å². The second kappa shape index (κ2) is 9.65. The van der Waals surface area contributed by atoms with Crippen LogP contribution < -0.4 is 11.1 Å². The van der Waals surface area contributed by atoms with Crippen LogP contribution in [0.5, 0.6) is 0 Å². The van der Waals surface area contributed by atoms with Crippen molar-refractivity contribution < 1.29 is 4.79 Å². The molecule has 0 saturated carbocycles. The summed E-state index contributed by atoms with van der Waals surface area (Å²) in [5.41, 5.74) is 6.55. The van der Waals surface area contributed by atoms with Crippen LogP contribution in [0.15, 0.2) is 5.38 Å². The number of nitrogens with zero attached hydrogens (tertiary/aromatic N) is 1. The summed E-state index contributed by atoms with van der Waals surface area (Å²) in [6, 6.07) is -0.0773. The van der Waals surface area contributed by atoms with Crippen LogP contribution in [0.3, 0.4) is 0 Å². The fourth-order valence-corrected chi connectivity index (χ4v) is 1.86. The van der Waals surface area contributed by atoms with Gasteiger partial charge in [-0.15, -0.1) is 36.2 Å². The first kappa shape index (κ1) is 19.0. The van der Waals surface area contributed by atoms with Gasteiger partial charge < -0.3 is 11.1 Å². The van der Waals surface area contributed by atoms with E-state index in [2.05, 4.69) is 10.3 Å². The highest BCUT2D eigenvalue weighted by Gasteiger charge is 2.04. The predicted molar refractivity (Wildman–Crippen MR) is 76.3 cm³/mol. The van der Waals surface area contributed by atoms with E-state index in [1.54, 1.807) is 11.3 Å². The number of aromatic nitrogens is 1.